The molecule has 0 saturated carbocycles. The average Bonchev–Trinajstić information content (AvgIpc) is 2.98. The Hall–Kier alpha value is -1.88. The van der Waals surface area contributed by atoms with E-state index in [1.165, 1.54) is 18.3 Å². The van der Waals surface area contributed by atoms with Crippen molar-refractivity contribution in [3.8, 4) is 0 Å². The Morgan fingerprint density at radius 1 is 1.21 bits per heavy atom. The van der Waals surface area contributed by atoms with Crippen LogP contribution in [-0.4, -0.2) is 32.1 Å². The zero-order valence-electron chi connectivity index (χ0n) is 13.8. The van der Waals surface area contributed by atoms with E-state index in [9.17, 15) is 4.79 Å². The summed E-state index contributed by atoms with van der Waals surface area (Å²) in [5.74, 6) is 0.233. The highest BCUT2D eigenvalue weighted by molar-refractivity contribution is 6.30. The third-order valence-electron chi connectivity index (χ3n) is 4.57. The van der Waals surface area contributed by atoms with Crippen molar-refractivity contribution in [3.05, 3.63) is 47.5 Å². The van der Waals surface area contributed by atoms with Crippen molar-refractivity contribution in [3.63, 3.8) is 0 Å². The molecule has 2 heterocycles. The van der Waals surface area contributed by atoms with Gasteiger partial charge >= 0.3 is 0 Å². The second-order valence-corrected chi connectivity index (χ2v) is 6.70. The Bertz CT molecular complexity index is 642. The molecule has 1 fully saturated rings. The number of aromatic nitrogens is 3. The topological polar surface area (TPSA) is 51.0 Å². The van der Waals surface area contributed by atoms with Gasteiger partial charge in [-0.1, -0.05) is 36.6 Å². The summed E-state index contributed by atoms with van der Waals surface area (Å²) < 4.78 is 1.77. The molecule has 0 radical (unpaired) electrons. The van der Waals surface area contributed by atoms with Crippen molar-refractivity contribution in [2.24, 2.45) is 0 Å². The van der Waals surface area contributed by atoms with Crippen molar-refractivity contribution >= 4 is 17.5 Å². The van der Waals surface area contributed by atoms with E-state index < -0.39 is 0 Å². The summed E-state index contributed by atoms with van der Waals surface area (Å²) in [6.07, 6.45) is 8.99. The van der Waals surface area contributed by atoms with Gasteiger partial charge in [0.1, 0.15) is 12.7 Å². The molecule has 128 valence electrons. The van der Waals surface area contributed by atoms with E-state index in [-0.39, 0.29) is 11.9 Å². The largest absolute Gasteiger partial charge is 0.336 e. The van der Waals surface area contributed by atoms with Gasteiger partial charge in [-0.15, -0.1) is 0 Å². The minimum atomic E-state index is 0.170. The van der Waals surface area contributed by atoms with Gasteiger partial charge in [0.15, 0.2) is 0 Å². The maximum absolute atomic E-state index is 12.8. The molecule has 6 heteroatoms. The molecule has 1 aromatic carbocycles. The molecule has 3 rings (SSSR count). The molecule has 0 aliphatic carbocycles. The molecule has 1 atom stereocenters. The van der Waals surface area contributed by atoms with Crippen LogP contribution in [0.3, 0.4) is 0 Å². The first-order chi connectivity index (χ1) is 11.7. The zero-order valence-corrected chi connectivity index (χ0v) is 14.5. The molecule has 2 aromatic rings. The molecule has 5 nitrogen and oxygen atoms in total. The van der Waals surface area contributed by atoms with Crippen LogP contribution in [0.15, 0.2) is 36.9 Å². The number of halogens is 1. The molecule has 1 saturated heterocycles. The first kappa shape index (κ1) is 17.0. The van der Waals surface area contributed by atoms with Gasteiger partial charge in [-0.05, 0) is 37.0 Å². The van der Waals surface area contributed by atoms with Crippen LogP contribution in [0, 0.1) is 0 Å². The van der Waals surface area contributed by atoms with Crippen LogP contribution in [0.1, 0.15) is 50.1 Å². The zero-order chi connectivity index (χ0) is 16.8. The van der Waals surface area contributed by atoms with Gasteiger partial charge in [-0.25, -0.2) is 4.98 Å². The molecule has 0 bridgehead atoms. The highest BCUT2D eigenvalue weighted by Gasteiger charge is 2.26. The number of nitrogens with zero attached hydrogens (tertiary/aromatic N) is 4. The molecule has 24 heavy (non-hydrogen) atoms. The van der Waals surface area contributed by atoms with Gasteiger partial charge in [0.05, 0.1) is 6.04 Å². The van der Waals surface area contributed by atoms with Crippen LogP contribution in [0.5, 0.6) is 0 Å². The fourth-order valence-corrected chi connectivity index (χ4v) is 3.45. The molecular formula is C18H23ClN4O. The fourth-order valence-electron chi connectivity index (χ4n) is 3.32. The van der Waals surface area contributed by atoms with Crippen LogP contribution in [0.2, 0.25) is 5.02 Å². The molecule has 1 aliphatic heterocycles. The number of aryl methyl sites for hydroxylation is 1. The maximum atomic E-state index is 12.8. The summed E-state index contributed by atoms with van der Waals surface area (Å²) in [5, 5.41) is 4.81. The van der Waals surface area contributed by atoms with Crippen molar-refractivity contribution in [1.29, 1.82) is 0 Å². The van der Waals surface area contributed by atoms with Crippen molar-refractivity contribution in [1.82, 2.24) is 19.7 Å². The Balaban J connectivity index is 1.64. The predicted molar refractivity (Wildman–Crippen MR) is 93.6 cm³/mol. The highest BCUT2D eigenvalue weighted by atomic mass is 35.5. The number of carbonyl (C=O) groups is 1. The van der Waals surface area contributed by atoms with E-state index in [0.29, 0.717) is 6.42 Å². The fraction of sp³-hybridized carbons (Fsp3) is 0.500. The summed E-state index contributed by atoms with van der Waals surface area (Å²) in [6, 6.07) is 8.09. The molecule has 1 aliphatic rings. The lowest BCUT2D eigenvalue weighted by molar-refractivity contribution is -0.133. The number of rotatable bonds is 5. The standard InChI is InChI=1S/C18H23ClN4O/c19-16-9-7-15(8-10-16)17-5-2-1-3-12-23(17)18(24)6-4-11-22-14-20-13-21-22/h7-10,13-14,17H,1-6,11-12H2. The minimum absolute atomic E-state index is 0.170. The van der Waals surface area contributed by atoms with E-state index in [2.05, 4.69) is 15.0 Å². The van der Waals surface area contributed by atoms with Crippen LogP contribution in [0.25, 0.3) is 0 Å². The van der Waals surface area contributed by atoms with Gasteiger partial charge in [0.25, 0.3) is 0 Å². The third kappa shape index (κ3) is 4.35. The lowest BCUT2D eigenvalue weighted by Gasteiger charge is -2.30. The lowest BCUT2D eigenvalue weighted by atomic mass is 10.0. The number of hydrogen-bond donors (Lipinski definition) is 0. The number of hydrogen-bond acceptors (Lipinski definition) is 3. The van der Waals surface area contributed by atoms with Gasteiger partial charge in [-0.2, -0.15) is 5.10 Å². The van der Waals surface area contributed by atoms with Crippen molar-refractivity contribution < 1.29 is 4.79 Å². The second kappa shape index (κ2) is 8.29. The van der Waals surface area contributed by atoms with Gasteiger partial charge in [-0.3, -0.25) is 9.48 Å². The quantitative estimate of drug-likeness (QED) is 0.826. The first-order valence-electron chi connectivity index (χ1n) is 8.61. The molecular weight excluding hydrogens is 324 g/mol. The van der Waals surface area contributed by atoms with E-state index in [1.54, 1.807) is 11.0 Å². The predicted octanol–water partition coefficient (Wildman–Crippen LogP) is 3.86. The monoisotopic (exact) mass is 346 g/mol. The third-order valence-corrected chi connectivity index (χ3v) is 4.82. The van der Waals surface area contributed by atoms with E-state index in [0.717, 1.165) is 43.8 Å². The summed E-state index contributed by atoms with van der Waals surface area (Å²) in [6.45, 7) is 1.57. The Kier molecular flexibility index (Phi) is 5.86. The van der Waals surface area contributed by atoms with Crippen LogP contribution >= 0.6 is 11.6 Å². The summed E-state index contributed by atoms with van der Waals surface area (Å²) >= 11 is 6.01. The number of amides is 1. The molecule has 1 aromatic heterocycles. The van der Waals surface area contributed by atoms with E-state index >= 15 is 0 Å². The maximum Gasteiger partial charge on any atom is 0.223 e. The van der Waals surface area contributed by atoms with Gasteiger partial charge in [0.2, 0.25) is 5.91 Å². The van der Waals surface area contributed by atoms with Gasteiger partial charge in [0, 0.05) is 24.5 Å². The Morgan fingerprint density at radius 3 is 2.79 bits per heavy atom. The number of benzene rings is 1. The first-order valence-corrected chi connectivity index (χ1v) is 8.99. The number of carbonyl (C=O) groups excluding carboxylic acids is 1. The SMILES string of the molecule is O=C(CCCn1cncn1)N1CCCCCC1c1ccc(Cl)cc1. The second-order valence-electron chi connectivity index (χ2n) is 6.27. The smallest absolute Gasteiger partial charge is 0.223 e. The van der Waals surface area contributed by atoms with Gasteiger partial charge < -0.3 is 4.90 Å². The summed E-state index contributed by atoms with van der Waals surface area (Å²) in [5.41, 5.74) is 1.19. The van der Waals surface area contributed by atoms with Crippen molar-refractivity contribution in [2.45, 2.75) is 51.1 Å². The van der Waals surface area contributed by atoms with Crippen LogP contribution < -0.4 is 0 Å². The summed E-state index contributed by atoms with van der Waals surface area (Å²) in [7, 11) is 0. The molecule has 1 unspecified atom stereocenters. The average molecular weight is 347 g/mol. The molecule has 1 amide bonds. The van der Waals surface area contributed by atoms with Crippen LogP contribution in [0.4, 0.5) is 0 Å². The van der Waals surface area contributed by atoms with Crippen LogP contribution in [-0.2, 0) is 11.3 Å². The minimum Gasteiger partial charge on any atom is -0.336 e. The molecule has 0 N–H and O–H groups in total. The normalized spacial score (nSPS) is 18.4. The van der Waals surface area contributed by atoms with E-state index in [4.69, 9.17) is 11.6 Å². The van der Waals surface area contributed by atoms with E-state index in [1.807, 2.05) is 24.3 Å². The van der Waals surface area contributed by atoms with Crippen molar-refractivity contribution in [2.75, 3.05) is 6.54 Å². The molecule has 0 spiro atoms. The lowest BCUT2D eigenvalue weighted by Crippen LogP contribution is -2.34. The Morgan fingerprint density at radius 2 is 2.04 bits per heavy atom. The Labute approximate surface area is 147 Å². The highest BCUT2D eigenvalue weighted by Crippen LogP contribution is 2.31. The number of likely N-dealkylation sites (tertiary alicyclic amines) is 1. The summed E-state index contributed by atoms with van der Waals surface area (Å²) in [4.78, 5) is 18.8.